The molecule has 0 bridgehead atoms. The number of hydrogen-bond acceptors (Lipinski definition) is 5. The van der Waals surface area contributed by atoms with Crippen LogP contribution in [-0.2, 0) is 20.1 Å². The third-order valence-electron chi connectivity index (χ3n) is 10.9. The van der Waals surface area contributed by atoms with Crippen molar-refractivity contribution in [3.8, 4) is 39.5 Å². The van der Waals surface area contributed by atoms with Gasteiger partial charge in [-0.15, -0.1) is 59.2 Å². The van der Waals surface area contributed by atoms with Gasteiger partial charge < -0.3 is 14.0 Å². The third kappa shape index (κ3) is 8.29. The van der Waals surface area contributed by atoms with E-state index in [1.807, 2.05) is 74.6 Å². The number of benzene rings is 5. The maximum absolute atomic E-state index is 8.44. The zero-order valence-corrected chi connectivity index (χ0v) is 39.2. The summed E-state index contributed by atoms with van der Waals surface area (Å²) in [6, 6.07) is 45.9. The normalized spacial score (nSPS) is 12.2. The van der Waals surface area contributed by atoms with E-state index >= 15 is 0 Å². The molecule has 60 heavy (non-hydrogen) atoms. The fourth-order valence-corrected chi connectivity index (χ4v) is 9.43. The van der Waals surface area contributed by atoms with E-state index in [9.17, 15) is 0 Å². The molecule has 6 nitrogen and oxygen atoms in total. The summed E-state index contributed by atoms with van der Waals surface area (Å²) in [5.41, 5.74) is 12.9. The summed E-state index contributed by atoms with van der Waals surface area (Å²) >= 11 is 0. The van der Waals surface area contributed by atoms with Gasteiger partial charge in [-0.05, 0) is 75.1 Å². The van der Waals surface area contributed by atoms with Crippen LogP contribution in [-0.4, -0.2) is 32.8 Å². The molecule has 9 aromatic rings. The summed E-state index contributed by atoms with van der Waals surface area (Å²) < 4.78 is 17.1. The molecule has 5 aromatic carbocycles. The first-order chi connectivity index (χ1) is 28.7. The predicted molar refractivity (Wildman–Crippen MR) is 247 cm³/mol. The molecule has 0 unspecified atom stereocenters. The van der Waals surface area contributed by atoms with E-state index in [1.165, 1.54) is 27.4 Å². The van der Waals surface area contributed by atoms with Gasteiger partial charge in [0.25, 0.3) is 0 Å². The molecule has 1 radical (unpaired) electrons. The van der Waals surface area contributed by atoms with Crippen LogP contribution in [0.25, 0.3) is 72.6 Å². The number of hydrogen-bond donors (Lipinski definition) is 0. The number of furan rings is 1. The van der Waals surface area contributed by atoms with E-state index in [-0.39, 0.29) is 31.9 Å². The standard InChI is InChI=1S/C35H29N4O.C17H22NSi.Ir/c1-21(2)28-19-24(23-11-6-5-7-12-23)20-29(22(3)4)32(28)39-34(37-30-17-18-36-38-35(30)39)27-15-10-14-26-25-13-8-9-16-31(25)40-33(26)27;1-13(2)15-11-16(14-9-7-6-8-10-14)18-12-17(15)19(3,4)5;/h5-14,16-22H,1-4H3;6-9,11-13H,1-5H3;/q2*-1;/i;13D;. The van der Waals surface area contributed by atoms with Gasteiger partial charge >= 0.3 is 0 Å². The smallest absolute Gasteiger partial charge is 0.178 e. The Morgan fingerprint density at radius 1 is 0.717 bits per heavy atom. The topological polar surface area (TPSA) is 69.6 Å². The fourth-order valence-electron chi connectivity index (χ4n) is 7.85. The van der Waals surface area contributed by atoms with Crippen molar-refractivity contribution in [2.75, 3.05) is 0 Å². The SMILES string of the molecule is CC(C)c1cc(-c2ccccc2)cc(C(C)C)c1-n1c(-c2[c-]ccc3c2oc2ccccc23)nc2ccnnc21.[2H]C(C)(C)c1cc(-c2[c-]cccc2)ncc1[Si](C)(C)C.[Ir]. The number of nitrogens with zero attached hydrogens (tertiary/aromatic N) is 5. The second-order valence-electron chi connectivity index (χ2n) is 17.0. The van der Waals surface area contributed by atoms with Crippen LogP contribution in [0.3, 0.4) is 0 Å². The summed E-state index contributed by atoms with van der Waals surface area (Å²) in [4.78, 5) is 9.74. The van der Waals surface area contributed by atoms with Crippen molar-refractivity contribution < 1.29 is 25.9 Å². The van der Waals surface area contributed by atoms with Crippen LogP contribution >= 0.6 is 0 Å². The van der Waals surface area contributed by atoms with Gasteiger partial charge in [-0.25, -0.2) is 0 Å². The van der Waals surface area contributed by atoms with Gasteiger partial charge in [-0.2, -0.15) is 5.10 Å². The summed E-state index contributed by atoms with van der Waals surface area (Å²) in [6.45, 7) is 19.8. The summed E-state index contributed by atoms with van der Waals surface area (Å²) in [6.07, 6.45) is 3.67. The van der Waals surface area contributed by atoms with Crippen LogP contribution in [0, 0.1) is 12.1 Å². The monoisotopic (exact) mass is 983 g/mol. The third-order valence-corrected chi connectivity index (χ3v) is 12.9. The first-order valence-electron chi connectivity index (χ1n) is 20.9. The molecule has 0 atom stereocenters. The molecule has 0 aliphatic carbocycles. The van der Waals surface area contributed by atoms with Gasteiger partial charge in [0, 0.05) is 38.7 Å². The Labute approximate surface area is 369 Å². The molecule has 0 fully saturated rings. The molecule has 305 valence electrons. The molecule has 0 spiro atoms. The van der Waals surface area contributed by atoms with E-state index < -0.39 is 14.0 Å². The minimum absolute atomic E-state index is 0. The summed E-state index contributed by atoms with van der Waals surface area (Å²) in [7, 11) is -1.50. The Kier molecular flexibility index (Phi) is 12.1. The van der Waals surface area contributed by atoms with Crippen LogP contribution in [0.1, 0.15) is 77.3 Å². The molecular formula is C52H51IrN5OSi-2. The van der Waals surface area contributed by atoms with Gasteiger partial charge in [0.2, 0.25) is 0 Å². The van der Waals surface area contributed by atoms with E-state index in [2.05, 4.69) is 140 Å². The molecular weight excluding hydrogens is 931 g/mol. The van der Waals surface area contributed by atoms with Gasteiger partial charge in [0.15, 0.2) is 5.65 Å². The van der Waals surface area contributed by atoms with E-state index in [4.69, 9.17) is 10.8 Å². The van der Waals surface area contributed by atoms with Gasteiger partial charge in [0.05, 0.1) is 25.7 Å². The van der Waals surface area contributed by atoms with Crippen molar-refractivity contribution in [2.45, 2.75) is 78.9 Å². The Hall–Kier alpha value is -5.53. The Morgan fingerprint density at radius 2 is 1.42 bits per heavy atom. The van der Waals surface area contributed by atoms with Crippen LogP contribution in [0.5, 0.6) is 0 Å². The number of para-hydroxylation sites is 1. The molecule has 4 aromatic heterocycles. The maximum Gasteiger partial charge on any atom is 0.178 e. The number of rotatable bonds is 8. The van der Waals surface area contributed by atoms with E-state index in [0.29, 0.717) is 0 Å². The maximum atomic E-state index is 8.44. The zero-order valence-electron chi connectivity index (χ0n) is 36.8. The van der Waals surface area contributed by atoms with Crippen LogP contribution in [0.2, 0.25) is 19.6 Å². The first-order valence-corrected chi connectivity index (χ1v) is 23.9. The van der Waals surface area contributed by atoms with Crippen molar-refractivity contribution in [2.24, 2.45) is 0 Å². The molecule has 9 rings (SSSR count). The molecule has 0 saturated carbocycles. The van der Waals surface area contributed by atoms with Gasteiger partial charge in [-0.1, -0.05) is 132 Å². The summed E-state index contributed by atoms with van der Waals surface area (Å²) in [5.74, 6) is 0.645. The van der Waals surface area contributed by atoms with Crippen LogP contribution in [0.4, 0.5) is 0 Å². The Bertz CT molecular complexity index is 2940. The molecule has 4 heterocycles. The number of imidazole rings is 1. The molecule has 8 heteroatoms. The van der Waals surface area contributed by atoms with E-state index in [0.717, 1.165) is 67.0 Å². The van der Waals surface area contributed by atoms with Gasteiger partial charge in [-0.3, -0.25) is 4.98 Å². The van der Waals surface area contributed by atoms with Crippen LogP contribution < -0.4 is 5.19 Å². The van der Waals surface area contributed by atoms with Crippen molar-refractivity contribution in [1.29, 1.82) is 0 Å². The van der Waals surface area contributed by atoms with Crippen molar-refractivity contribution in [3.63, 3.8) is 0 Å². The van der Waals surface area contributed by atoms with Crippen molar-refractivity contribution in [1.82, 2.24) is 24.7 Å². The Balaban J connectivity index is 0.000000226. The van der Waals surface area contributed by atoms with Crippen LogP contribution in [0.15, 0.2) is 132 Å². The number of aromatic nitrogens is 5. The van der Waals surface area contributed by atoms with Gasteiger partial charge in [0.1, 0.15) is 11.1 Å². The molecule has 0 saturated heterocycles. The predicted octanol–water partition coefficient (Wildman–Crippen LogP) is 13.3. The molecule has 0 N–H and O–H groups in total. The first kappa shape index (κ1) is 41.2. The second-order valence-corrected chi connectivity index (χ2v) is 22.1. The van der Waals surface area contributed by atoms with Crippen molar-refractivity contribution >= 4 is 46.4 Å². The average Bonchev–Trinajstić information content (AvgIpc) is 3.82. The minimum Gasteiger partial charge on any atom is -0.501 e. The summed E-state index contributed by atoms with van der Waals surface area (Å²) in [5, 5.41) is 12.3. The average molecular weight is 983 g/mol. The van der Waals surface area contributed by atoms with E-state index in [1.54, 1.807) is 6.20 Å². The fraction of sp³-hybridized carbons (Fsp3) is 0.231. The number of pyridine rings is 1. The second kappa shape index (κ2) is 17.6. The molecule has 0 aliphatic rings. The minimum atomic E-state index is -1.50. The quantitative estimate of drug-likeness (QED) is 0.112. The largest absolute Gasteiger partial charge is 0.501 e. The zero-order chi connectivity index (χ0) is 42.3. The molecule has 0 aliphatic heterocycles. The Morgan fingerprint density at radius 3 is 2.08 bits per heavy atom. The van der Waals surface area contributed by atoms with Crippen molar-refractivity contribution in [3.05, 3.63) is 156 Å². The number of fused-ring (bicyclic) bond motifs is 4. The molecule has 0 amide bonds.